The van der Waals surface area contributed by atoms with Crippen LogP contribution in [0.4, 0.5) is 0 Å². The molecule has 0 aliphatic carbocycles. The number of aromatic nitrogens is 2. The van der Waals surface area contributed by atoms with Gasteiger partial charge in [0.2, 0.25) is 0 Å². The first-order chi connectivity index (χ1) is 11.6. The number of nitrogens with zero attached hydrogens (tertiary/aromatic N) is 2. The lowest BCUT2D eigenvalue weighted by atomic mass is 9.98. The average molecular weight is 322 g/mol. The van der Waals surface area contributed by atoms with E-state index in [2.05, 4.69) is 24.9 Å². The maximum absolute atomic E-state index is 12.3. The zero-order valence-electron chi connectivity index (χ0n) is 14.3. The molecular formula is C20H22N2O2. The van der Waals surface area contributed by atoms with Crippen molar-refractivity contribution in [2.75, 3.05) is 0 Å². The summed E-state index contributed by atoms with van der Waals surface area (Å²) in [6.07, 6.45) is 2.85. The summed E-state index contributed by atoms with van der Waals surface area (Å²) in [5.41, 5.74) is 3.41. The Morgan fingerprint density at radius 2 is 2.00 bits per heavy atom. The molecule has 0 aliphatic rings. The van der Waals surface area contributed by atoms with E-state index < -0.39 is 0 Å². The van der Waals surface area contributed by atoms with Crippen LogP contribution in [0, 0.1) is 6.92 Å². The molecule has 0 spiro atoms. The minimum Gasteiger partial charge on any atom is -0.487 e. The van der Waals surface area contributed by atoms with Crippen LogP contribution in [0.15, 0.2) is 53.5 Å². The SMILES string of the molecule is CC[C@@H](C)c1ccccc1OCc1cc(=O)n2cc(C)ccc2n1. The lowest BCUT2D eigenvalue weighted by Crippen LogP contribution is -2.16. The van der Waals surface area contributed by atoms with Crippen molar-refractivity contribution in [2.45, 2.75) is 39.7 Å². The second kappa shape index (κ2) is 6.87. The summed E-state index contributed by atoms with van der Waals surface area (Å²) in [4.78, 5) is 16.8. The third-order valence-corrected chi connectivity index (χ3v) is 4.30. The van der Waals surface area contributed by atoms with Gasteiger partial charge < -0.3 is 4.74 Å². The maximum Gasteiger partial charge on any atom is 0.258 e. The van der Waals surface area contributed by atoms with Crippen molar-refractivity contribution in [1.29, 1.82) is 0 Å². The molecule has 0 bridgehead atoms. The van der Waals surface area contributed by atoms with E-state index >= 15 is 0 Å². The van der Waals surface area contributed by atoms with Gasteiger partial charge in [0, 0.05) is 12.3 Å². The molecule has 24 heavy (non-hydrogen) atoms. The van der Waals surface area contributed by atoms with Crippen molar-refractivity contribution in [1.82, 2.24) is 9.38 Å². The molecule has 3 rings (SSSR count). The maximum atomic E-state index is 12.3. The van der Waals surface area contributed by atoms with Gasteiger partial charge in [-0.1, -0.05) is 38.1 Å². The van der Waals surface area contributed by atoms with E-state index in [4.69, 9.17) is 4.74 Å². The number of ether oxygens (including phenoxy) is 1. The molecule has 0 saturated carbocycles. The Morgan fingerprint density at radius 1 is 1.21 bits per heavy atom. The van der Waals surface area contributed by atoms with Gasteiger partial charge in [-0.3, -0.25) is 9.20 Å². The molecule has 4 nitrogen and oxygen atoms in total. The Morgan fingerprint density at radius 3 is 2.79 bits per heavy atom. The van der Waals surface area contributed by atoms with Crippen molar-refractivity contribution in [3.05, 3.63) is 75.8 Å². The number of rotatable bonds is 5. The quantitative estimate of drug-likeness (QED) is 0.710. The molecule has 1 atom stereocenters. The summed E-state index contributed by atoms with van der Waals surface area (Å²) < 4.78 is 7.52. The van der Waals surface area contributed by atoms with Crippen molar-refractivity contribution < 1.29 is 4.74 Å². The van der Waals surface area contributed by atoms with Crippen molar-refractivity contribution in [3.63, 3.8) is 0 Å². The third kappa shape index (κ3) is 3.32. The van der Waals surface area contributed by atoms with Gasteiger partial charge in [-0.25, -0.2) is 4.98 Å². The zero-order valence-corrected chi connectivity index (χ0v) is 14.3. The monoisotopic (exact) mass is 322 g/mol. The first kappa shape index (κ1) is 16.2. The first-order valence-electron chi connectivity index (χ1n) is 8.29. The fraction of sp³-hybridized carbons (Fsp3) is 0.300. The lowest BCUT2D eigenvalue weighted by molar-refractivity contribution is 0.296. The third-order valence-electron chi connectivity index (χ3n) is 4.30. The van der Waals surface area contributed by atoms with Gasteiger partial charge in [0.1, 0.15) is 18.0 Å². The Labute approximate surface area is 141 Å². The smallest absolute Gasteiger partial charge is 0.258 e. The number of para-hydroxylation sites is 1. The van der Waals surface area contributed by atoms with Crippen LogP contribution in [0.1, 0.15) is 43.0 Å². The van der Waals surface area contributed by atoms with Crippen molar-refractivity contribution >= 4 is 5.65 Å². The topological polar surface area (TPSA) is 43.6 Å². The fourth-order valence-electron chi connectivity index (χ4n) is 2.72. The molecule has 0 aliphatic heterocycles. The highest BCUT2D eigenvalue weighted by atomic mass is 16.5. The minimum absolute atomic E-state index is 0.0856. The van der Waals surface area contributed by atoms with Gasteiger partial charge in [0.25, 0.3) is 5.56 Å². The van der Waals surface area contributed by atoms with Gasteiger partial charge in [0.05, 0.1) is 5.69 Å². The van der Waals surface area contributed by atoms with Gasteiger partial charge in [-0.2, -0.15) is 0 Å². The Hall–Kier alpha value is -2.62. The Balaban J connectivity index is 1.87. The van der Waals surface area contributed by atoms with E-state index in [1.54, 1.807) is 10.6 Å². The van der Waals surface area contributed by atoms with E-state index in [1.165, 1.54) is 11.6 Å². The molecule has 0 N–H and O–H groups in total. The van der Waals surface area contributed by atoms with E-state index in [0.29, 0.717) is 17.3 Å². The summed E-state index contributed by atoms with van der Waals surface area (Å²) in [6, 6.07) is 13.4. The predicted molar refractivity (Wildman–Crippen MR) is 95.7 cm³/mol. The van der Waals surface area contributed by atoms with Crippen molar-refractivity contribution in [3.8, 4) is 5.75 Å². The van der Waals surface area contributed by atoms with Gasteiger partial charge in [-0.05, 0) is 42.5 Å². The second-order valence-corrected chi connectivity index (χ2v) is 6.16. The largest absolute Gasteiger partial charge is 0.487 e. The summed E-state index contributed by atoms with van der Waals surface area (Å²) in [6.45, 7) is 6.59. The zero-order chi connectivity index (χ0) is 17.1. The fourth-order valence-corrected chi connectivity index (χ4v) is 2.72. The summed E-state index contributed by atoms with van der Waals surface area (Å²) in [5.74, 6) is 1.29. The van der Waals surface area contributed by atoms with E-state index in [9.17, 15) is 4.79 Å². The summed E-state index contributed by atoms with van der Waals surface area (Å²) in [5, 5.41) is 0. The molecule has 1 aromatic carbocycles. The standard InChI is InChI=1S/C20H22N2O2/c1-4-15(3)17-7-5-6-8-18(17)24-13-16-11-20(23)22-12-14(2)9-10-19(22)21-16/h5-12,15H,4,13H2,1-3H3/t15-/m1/s1. The minimum atomic E-state index is -0.0856. The van der Waals surface area contributed by atoms with Crippen LogP contribution < -0.4 is 10.3 Å². The van der Waals surface area contributed by atoms with Crippen LogP contribution >= 0.6 is 0 Å². The molecule has 0 saturated heterocycles. The highest BCUT2D eigenvalue weighted by Gasteiger charge is 2.10. The van der Waals surface area contributed by atoms with Crippen LogP contribution in [0.3, 0.4) is 0 Å². The van der Waals surface area contributed by atoms with Crippen LogP contribution in [0.2, 0.25) is 0 Å². The number of hydrogen-bond acceptors (Lipinski definition) is 3. The van der Waals surface area contributed by atoms with Gasteiger partial charge in [-0.15, -0.1) is 0 Å². The molecule has 4 heteroatoms. The van der Waals surface area contributed by atoms with Crippen LogP contribution in [0.5, 0.6) is 5.75 Å². The normalized spacial score (nSPS) is 12.3. The number of pyridine rings is 1. The number of benzene rings is 1. The Kier molecular flexibility index (Phi) is 4.65. The summed E-state index contributed by atoms with van der Waals surface area (Å²) in [7, 11) is 0. The molecule has 0 radical (unpaired) electrons. The molecule has 3 aromatic rings. The molecule has 0 unspecified atom stereocenters. The molecule has 124 valence electrons. The van der Waals surface area contributed by atoms with E-state index in [-0.39, 0.29) is 12.2 Å². The van der Waals surface area contributed by atoms with Crippen LogP contribution in [-0.2, 0) is 6.61 Å². The highest BCUT2D eigenvalue weighted by Crippen LogP contribution is 2.28. The Bertz CT molecular complexity index is 915. The number of aryl methyl sites for hydroxylation is 1. The molecule has 0 amide bonds. The lowest BCUT2D eigenvalue weighted by Gasteiger charge is -2.15. The predicted octanol–water partition coefficient (Wildman–Crippen LogP) is 4.10. The van der Waals surface area contributed by atoms with E-state index in [1.807, 2.05) is 37.3 Å². The molecular weight excluding hydrogens is 300 g/mol. The van der Waals surface area contributed by atoms with Crippen LogP contribution in [-0.4, -0.2) is 9.38 Å². The highest BCUT2D eigenvalue weighted by molar-refractivity contribution is 5.40. The molecule has 2 aromatic heterocycles. The van der Waals surface area contributed by atoms with Gasteiger partial charge in [0.15, 0.2) is 0 Å². The second-order valence-electron chi connectivity index (χ2n) is 6.16. The van der Waals surface area contributed by atoms with Crippen LogP contribution in [0.25, 0.3) is 5.65 Å². The van der Waals surface area contributed by atoms with Gasteiger partial charge >= 0.3 is 0 Å². The number of fused-ring (bicyclic) bond motifs is 1. The van der Waals surface area contributed by atoms with Crippen molar-refractivity contribution in [2.24, 2.45) is 0 Å². The average Bonchev–Trinajstić information content (AvgIpc) is 2.60. The summed E-state index contributed by atoms with van der Waals surface area (Å²) >= 11 is 0. The molecule has 2 heterocycles. The van der Waals surface area contributed by atoms with E-state index in [0.717, 1.165) is 17.7 Å². The molecule has 0 fully saturated rings. The number of hydrogen-bond donors (Lipinski definition) is 0. The first-order valence-corrected chi connectivity index (χ1v) is 8.29.